The van der Waals surface area contributed by atoms with Gasteiger partial charge in [-0.05, 0) is 38.7 Å². The fourth-order valence-corrected chi connectivity index (χ4v) is 2.54. The highest BCUT2D eigenvalue weighted by molar-refractivity contribution is 5.67. The van der Waals surface area contributed by atoms with E-state index in [1.165, 1.54) is 0 Å². The molecule has 1 aliphatic rings. The van der Waals surface area contributed by atoms with Crippen molar-refractivity contribution in [2.75, 3.05) is 26.7 Å². The summed E-state index contributed by atoms with van der Waals surface area (Å²) in [4.78, 5) is 19.7. The molecule has 5 nitrogen and oxygen atoms in total. The second-order valence-corrected chi connectivity index (χ2v) is 5.14. The van der Waals surface area contributed by atoms with Gasteiger partial charge in [-0.2, -0.15) is 0 Å². The van der Waals surface area contributed by atoms with Crippen LogP contribution >= 0.6 is 0 Å². The predicted octanol–water partition coefficient (Wildman–Crippen LogP) is 1.06. The van der Waals surface area contributed by atoms with E-state index in [-0.39, 0.29) is 12.5 Å². The maximum atomic E-state index is 10.9. The zero-order chi connectivity index (χ0) is 13.7. The van der Waals surface area contributed by atoms with Crippen molar-refractivity contribution in [2.24, 2.45) is 0 Å². The van der Waals surface area contributed by atoms with E-state index in [1.54, 1.807) is 6.20 Å². The lowest BCUT2D eigenvalue weighted by Gasteiger charge is -2.27. The van der Waals surface area contributed by atoms with Crippen LogP contribution in [-0.4, -0.2) is 58.6 Å². The number of carboxylic acid groups (broad SMARTS) is 1. The molecule has 0 aliphatic carbocycles. The van der Waals surface area contributed by atoms with Crippen LogP contribution in [0.3, 0.4) is 0 Å². The van der Waals surface area contributed by atoms with Gasteiger partial charge < -0.3 is 10.0 Å². The monoisotopic (exact) mass is 263 g/mol. The largest absolute Gasteiger partial charge is 0.481 e. The van der Waals surface area contributed by atoms with E-state index in [1.807, 2.05) is 25.2 Å². The average molecular weight is 263 g/mol. The number of nitrogens with zero attached hydrogens (tertiary/aromatic N) is 3. The van der Waals surface area contributed by atoms with Crippen molar-refractivity contribution in [1.82, 2.24) is 14.8 Å². The summed E-state index contributed by atoms with van der Waals surface area (Å²) in [6.45, 7) is 3.54. The minimum Gasteiger partial charge on any atom is -0.481 e. The lowest BCUT2D eigenvalue weighted by molar-refractivity contribution is -0.138. The lowest BCUT2D eigenvalue weighted by atomic mass is 10.1. The Balaban J connectivity index is 1.98. The summed E-state index contributed by atoms with van der Waals surface area (Å²) in [7, 11) is 2.01. The Morgan fingerprint density at radius 1 is 1.47 bits per heavy atom. The first-order valence-corrected chi connectivity index (χ1v) is 6.69. The van der Waals surface area contributed by atoms with Crippen LogP contribution in [0.2, 0.25) is 0 Å². The van der Waals surface area contributed by atoms with Gasteiger partial charge in [0.1, 0.15) is 0 Å². The standard InChI is InChI=1S/C14H21N3O2/c1-16-7-4-8-17(11-13(16)9-14(18)19)10-12-5-2-3-6-15-12/h2-3,5-6,13H,4,7-11H2,1H3,(H,18,19). The highest BCUT2D eigenvalue weighted by Crippen LogP contribution is 2.13. The Labute approximate surface area is 113 Å². The first-order chi connectivity index (χ1) is 9.15. The van der Waals surface area contributed by atoms with Gasteiger partial charge in [-0.1, -0.05) is 6.07 Å². The van der Waals surface area contributed by atoms with E-state index >= 15 is 0 Å². The van der Waals surface area contributed by atoms with Crippen LogP contribution in [0.1, 0.15) is 18.5 Å². The van der Waals surface area contributed by atoms with Gasteiger partial charge in [-0.25, -0.2) is 0 Å². The molecule has 19 heavy (non-hydrogen) atoms. The number of carbonyl (C=O) groups is 1. The van der Waals surface area contributed by atoms with E-state index in [2.05, 4.69) is 14.8 Å². The Hall–Kier alpha value is -1.46. The van der Waals surface area contributed by atoms with Gasteiger partial charge in [0.15, 0.2) is 0 Å². The molecule has 0 amide bonds. The number of rotatable bonds is 4. The quantitative estimate of drug-likeness (QED) is 0.880. The zero-order valence-electron chi connectivity index (χ0n) is 11.3. The summed E-state index contributed by atoms with van der Waals surface area (Å²) in [6.07, 6.45) is 3.07. The molecule has 1 aromatic heterocycles. The Kier molecular flexibility index (Phi) is 4.87. The van der Waals surface area contributed by atoms with E-state index in [9.17, 15) is 4.79 Å². The number of carboxylic acids is 1. The highest BCUT2D eigenvalue weighted by Gasteiger charge is 2.24. The molecule has 1 fully saturated rings. The van der Waals surface area contributed by atoms with E-state index in [0.717, 1.165) is 38.3 Å². The van der Waals surface area contributed by atoms with Crippen molar-refractivity contribution in [3.05, 3.63) is 30.1 Å². The smallest absolute Gasteiger partial charge is 0.304 e. The van der Waals surface area contributed by atoms with Gasteiger partial charge in [0, 0.05) is 25.3 Å². The average Bonchev–Trinajstić information content (AvgIpc) is 2.53. The summed E-state index contributed by atoms with van der Waals surface area (Å²) in [5.41, 5.74) is 1.04. The number of aliphatic carboxylic acids is 1. The van der Waals surface area contributed by atoms with Crippen molar-refractivity contribution in [3.63, 3.8) is 0 Å². The third kappa shape index (κ3) is 4.29. The van der Waals surface area contributed by atoms with Crippen LogP contribution in [0.15, 0.2) is 24.4 Å². The summed E-state index contributed by atoms with van der Waals surface area (Å²) in [5, 5.41) is 8.99. The molecule has 1 unspecified atom stereocenters. The van der Waals surface area contributed by atoms with Crippen LogP contribution in [0.25, 0.3) is 0 Å². The molecule has 2 heterocycles. The summed E-state index contributed by atoms with van der Waals surface area (Å²) >= 11 is 0. The maximum absolute atomic E-state index is 10.9. The Morgan fingerprint density at radius 2 is 2.32 bits per heavy atom. The van der Waals surface area contributed by atoms with Gasteiger partial charge in [-0.3, -0.25) is 14.7 Å². The van der Waals surface area contributed by atoms with Gasteiger partial charge in [-0.15, -0.1) is 0 Å². The van der Waals surface area contributed by atoms with E-state index in [4.69, 9.17) is 5.11 Å². The molecule has 1 atom stereocenters. The molecule has 1 saturated heterocycles. The summed E-state index contributed by atoms with van der Waals surface area (Å²) in [5.74, 6) is -0.725. The first kappa shape index (κ1) is 14.0. The fraction of sp³-hybridized carbons (Fsp3) is 0.571. The van der Waals surface area contributed by atoms with Gasteiger partial charge in [0.25, 0.3) is 0 Å². The molecule has 0 aromatic carbocycles. The molecule has 1 aromatic rings. The van der Waals surface area contributed by atoms with Crippen molar-refractivity contribution in [1.29, 1.82) is 0 Å². The Morgan fingerprint density at radius 3 is 3.00 bits per heavy atom. The number of hydrogen-bond donors (Lipinski definition) is 1. The minimum atomic E-state index is -0.725. The normalized spacial score (nSPS) is 22.1. The molecule has 0 radical (unpaired) electrons. The molecule has 5 heteroatoms. The van der Waals surface area contributed by atoms with Crippen LogP contribution in [0, 0.1) is 0 Å². The van der Waals surface area contributed by atoms with E-state index in [0.29, 0.717) is 0 Å². The molecular weight excluding hydrogens is 242 g/mol. The number of likely N-dealkylation sites (N-methyl/N-ethyl adjacent to an activating group) is 1. The van der Waals surface area contributed by atoms with Gasteiger partial charge in [0.05, 0.1) is 12.1 Å². The SMILES string of the molecule is CN1CCCN(Cc2ccccn2)CC1CC(=O)O. The molecule has 0 bridgehead atoms. The van der Waals surface area contributed by atoms with Crippen LogP contribution < -0.4 is 0 Å². The molecular formula is C14H21N3O2. The number of hydrogen-bond acceptors (Lipinski definition) is 4. The third-order valence-corrected chi connectivity index (χ3v) is 3.60. The van der Waals surface area contributed by atoms with Gasteiger partial charge in [0.2, 0.25) is 0 Å². The second kappa shape index (κ2) is 6.63. The minimum absolute atomic E-state index is 0.0868. The summed E-state index contributed by atoms with van der Waals surface area (Å²) < 4.78 is 0. The number of aromatic nitrogens is 1. The lowest BCUT2D eigenvalue weighted by Crippen LogP contribution is -2.40. The maximum Gasteiger partial charge on any atom is 0.304 e. The third-order valence-electron chi connectivity index (χ3n) is 3.60. The molecule has 2 rings (SSSR count). The summed E-state index contributed by atoms with van der Waals surface area (Å²) in [6, 6.07) is 6.00. The first-order valence-electron chi connectivity index (χ1n) is 6.69. The number of pyridine rings is 1. The molecule has 1 N–H and O–H groups in total. The van der Waals surface area contributed by atoms with Crippen molar-refractivity contribution < 1.29 is 9.90 Å². The van der Waals surface area contributed by atoms with Crippen molar-refractivity contribution >= 4 is 5.97 Å². The van der Waals surface area contributed by atoms with Crippen LogP contribution in [0.5, 0.6) is 0 Å². The Bertz CT molecular complexity index is 410. The molecule has 104 valence electrons. The molecule has 0 spiro atoms. The van der Waals surface area contributed by atoms with Crippen LogP contribution in [-0.2, 0) is 11.3 Å². The predicted molar refractivity (Wildman–Crippen MR) is 72.8 cm³/mol. The van der Waals surface area contributed by atoms with Crippen molar-refractivity contribution in [2.45, 2.75) is 25.4 Å². The molecule has 1 aliphatic heterocycles. The zero-order valence-corrected chi connectivity index (χ0v) is 11.3. The van der Waals surface area contributed by atoms with E-state index < -0.39 is 5.97 Å². The van der Waals surface area contributed by atoms with Gasteiger partial charge >= 0.3 is 5.97 Å². The second-order valence-electron chi connectivity index (χ2n) is 5.14. The highest BCUT2D eigenvalue weighted by atomic mass is 16.4. The fourth-order valence-electron chi connectivity index (χ4n) is 2.54. The molecule has 0 saturated carbocycles. The van der Waals surface area contributed by atoms with Crippen molar-refractivity contribution in [3.8, 4) is 0 Å². The topological polar surface area (TPSA) is 56.7 Å². The van der Waals surface area contributed by atoms with Crippen LogP contribution in [0.4, 0.5) is 0 Å².